The van der Waals surface area contributed by atoms with Crippen molar-refractivity contribution in [1.29, 1.82) is 0 Å². The normalized spacial score (nSPS) is 38.1. The lowest BCUT2D eigenvalue weighted by Gasteiger charge is -2.28. The highest BCUT2D eigenvalue weighted by Gasteiger charge is 2.48. The van der Waals surface area contributed by atoms with Crippen LogP contribution in [0.4, 0.5) is 0 Å². The Labute approximate surface area is 115 Å². The van der Waals surface area contributed by atoms with E-state index in [-0.39, 0.29) is 5.97 Å². The molecule has 0 aromatic rings. The van der Waals surface area contributed by atoms with E-state index in [0.29, 0.717) is 11.5 Å². The summed E-state index contributed by atoms with van der Waals surface area (Å²) in [5, 5.41) is 0. The van der Waals surface area contributed by atoms with Gasteiger partial charge in [-0.3, -0.25) is 9.69 Å². The molecule has 2 N–H and O–H groups in total. The van der Waals surface area contributed by atoms with Gasteiger partial charge in [-0.1, -0.05) is 12.8 Å². The van der Waals surface area contributed by atoms with Gasteiger partial charge in [0.15, 0.2) is 0 Å². The van der Waals surface area contributed by atoms with Crippen molar-refractivity contribution in [3.63, 3.8) is 0 Å². The molecule has 0 radical (unpaired) electrons. The fourth-order valence-electron chi connectivity index (χ4n) is 4.56. The topological polar surface area (TPSA) is 55.6 Å². The zero-order chi connectivity index (χ0) is 13.5. The van der Waals surface area contributed by atoms with Crippen LogP contribution in [0.5, 0.6) is 0 Å². The molecule has 1 spiro atoms. The number of methoxy groups -OCH3 is 1. The van der Waals surface area contributed by atoms with Crippen molar-refractivity contribution in [3.05, 3.63) is 0 Å². The Morgan fingerprint density at radius 3 is 2.68 bits per heavy atom. The Bertz CT molecular complexity index is 365. The van der Waals surface area contributed by atoms with Gasteiger partial charge in [-0.2, -0.15) is 0 Å². The number of nitrogens with zero attached hydrogens (tertiary/aromatic N) is 1. The van der Waals surface area contributed by atoms with Gasteiger partial charge >= 0.3 is 5.97 Å². The second kappa shape index (κ2) is 4.74. The van der Waals surface area contributed by atoms with Crippen molar-refractivity contribution in [2.24, 2.45) is 11.1 Å². The summed E-state index contributed by atoms with van der Waals surface area (Å²) in [5.74, 6) is -0.232. The number of carbonyl (C=O) groups is 1. The summed E-state index contributed by atoms with van der Waals surface area (Å²) in [6.07, 6.45) is 9.55. The highest BCUT2D eigenvalue weighted by atomic mass is 16.5. The molecule has 3 aliphatic rings. The number of ether oxygens (including phenoxy) is 1. The van der Waals surface area contributed by atoms with Crippen LogP contribution < -0.4 is 5.73 Å². The number of esters is 1. The maximum atomic E-state index is 11.8. The van der Waals surface area contributed by atoms with Crippen molar-refractivity contribution >= 4 is 5.97 Å². The van der Waals surface area contributed by atoms with Crippen LogP contribution in [0.25, 0.3) is 0 Å². The maximum Gasteiger partial charge on any atom is 0.325 e. The van der Waals surface area contributed by atoms with E-state index in [0.717, 1.165) is 19.3 Å². The fourth-order valence-corrected chi connectivity index (χ4v) is 4.56. The first-order valence-electron chi connectivity index (χ1n) is 7.68. The van der Waals surface area contributed by atoms with Crippen LogP contribution in [0.15, 0.2) is 0 Å². The third-order valence-electron chi connectivity index (χ3n) is 5.76. The Hall–Kier alpha value is -0.610. The molecule has 4 nitrogen and oxygen atoms in total. The fraction of sp³-hybridized carbons (Fsp3) is 0.933. The minimum Gasteiger partial charge on any atom is -0.468 e. The number of carbonyl (C=O) groups excluding carboxylic acids is 1. The van der Waals surface area contributed by atoms with Gasteiger partial charge < -0.3 is 10.5 Å². The smallest absolute Gasteiger partial charge is 0.325 e. The van der Waals surface area contributed by atoms with E-state index in [1.807, 2.05) is 0 Å². The SMILES string of the molecule is COC(=O)C1(N)CCC(N2CCC3(CCCC3)C2)C1. The highest BCUT2D eigenvalue weighted by Crippen LogP contribution is 2.47. The summed E-state index contributed by atoms with van der Waals surface area (Å²) < 4.78 is 4.86. The average molecular weight is 266 g/mol. The average Bonchev–Trinajstić information content (AvgIpc) is 3.11. The minimum atomic E-state index is -0.731. The van der Waals surface area contributed by atoms with Gasteiger partial charge in [-0.15, -0.1) is 0 Å². The van der Waals surface area contributed by atoms with Crippen LogP contribution >= 0.6 is 0 Å². The molecule has 3 fully saturated rings. The molecule has 3 rings (SSSR count). The van der Waals surface area contributed by atoms with Crippen LogP contribution in [-0.2, 0) is 9.53 Å². The molecule has 0 aromatic heterocycles. The van der Waals surface area contributed by atoms with Crippen molar-refractivity contribution in [1.82, 2.24) is 4.90 Å². The van der Waals surface area contributed by atoms with E-state index in [4.69, 9.17) is 10.5 Å². The second-order valence-electron chi connectivity index (χ2n) is 6.97. The van der Waals surface area contributed by atoms with Crippen LogP contribution in [0.2, 0.25) is 0 Å². The largest absolute Gasteiger partial charge is 0.468 e. The van der Waals surface area contributed by atoms with Crippen LogP contribution in [0.1, 0.15) is 51.4 Å². The highest BCUT2D eigenvalue weighted by molar-refractivity contribution is 5.81. The zero-order valence-corrected chi connectivity index (χ0v) is 12.0. The number of nitrogens with two attached hydrogens (primary N) is 1. The van der Waals surface area contributed by atoms with Crippen LogP contribution in [-0.4, -0.2) is 42.6 Å². The summed E-state index contributed by atoms with van der Waals surface area (Å²) in [6.45, 7) is 2.43. The lowest BCUT2D eigenvalue weighted by Crippen LogP contribution is -2.48. The molecule has 2 aliphatic carbocycles. The van der Waals surface area contributed by atoms with Crippen LogP contribution in [0, 0.1) is 5.41 Å². The van der Waals surface area contributed by atoms with Gasteiger partial charge in [0.1, 0.15) is 5.54 Å². The molecule has 0 bridgehead atoms. The van der Waals surface area contributed by atoms with Crippen molar-refractivity contribution in [3.8, 4) is 0 Å². The molecule has 2 atom stereocenters. The minimum absolute atomic E-state index is 0.232. The molecule has 1 saturated heterocycles. The Kier molecular flexibility index (Phi) is 3.34. The number of hydrogen-bond acceptors (Lipinski definition) is 4. The summed E-state index contributed by atoms with van der Waals surface area (Å²) in [6, 6.07) is 0.490. The molecule has 0 aromatic carbocycles. The molecule has 4 heteroatoms. The molecule has 1 aliphatic heterocycles. The summed E-state index contributed by atoms with van der Waals surface area (Å²) >= 11 is 0. The van der Waals surface area contributed by atoms with Gasteiger partial charge in [-0.25, -0.2) is 0 Å². The standard InChI is InChI=1S/C15H26N2O2/c1-19-13(18)15(16)7-4-12(10-15)17-9-8-14(11-17)5-2-3-6-14/h12H,2-11,16H2,1H3. The molecule has 0 amide bonds. The van der Waals surface area contributed by atoms with Crippen LogP contribution in [0.3, 0.4) is 0 Å². The predicted octanol–water partition coefficient (Wildman–Crippen LogP) is 1.68. The van der Waals surface area contributed by atoms with Gasteiger partial charge in [-0.05, 0) is 50.5 Å². The molecule has 2 unspecified atom stereocenters. The number of likely N-dealkylation sites (tertiary alicyclic amines) is 1. The lowest BCUT2D eigenvalue weighted by atomic mass is 9.85. The molecule has 108 valence electrons. The molecule has 19 heavy (non-hydrogen) atoms. The van der Waals surface area contributed by atoms with Gasteiger partial charge in [0.25, 0.3) is 0 Å². The number of rotatable bonds is 2. The second-order valence-corrected chi connectivity index (χ2v) is 6.97. The lowest BCUT2D eigenvalue weighted by molar-refractivity contribution is -0.146. The van der Waals surface area contributed by atoms with E-state index in [2.05, 4.69) is 4.90 Å². The quantitative estimate of drug-likeness (QED) is 0.773. The van der Waals surface area contributed by atoms with Crippen molar-refractivity contribution in [2.75, 3.05) is 20.2 Å². The monoisotopic (exact) mass is 266 g/mol. The third kappa shape index (κ3) is 2.29. The molecule has 1 heterocycles. The van der Waals surface area contributed by atoms with Crippen molar-refractivity contribution in [2.45, 2.75) is 62.9 Å². The first-order valence-corrected chi connectivity index (χ1v) is 7.68. The Balaban J connectivity index is 1.61. The van der Waals surface area contributed by atoms with Gasteiger partial charge in [0, 0.05) is 12.6 Å². The maximum absolute atomic E-state index is 11.8. The Morgan fingerprint density at radius 1 is 1.26 bits per heavy atom. The number of hydrogen-bond donors (Lipinski definition) is 1. The van der Waals surface area contributed by atoms with E-state index >= 15 is 0 Å². The Morgan fingerprint density at radius 2 is 2.00 bits per heavy atom. The van der Waals surface area contributed by atoms with Gasteiger partial charge in [0.2, 0.25) is 0 Å². The third-order valence-corrected chi connectivity index (χ3v) is 5.76. The zero-order valence-electron chi connectivity index (χ0n) is 12.0. The molecular weight excluding hydrogens is 240 g/mol. The predicted molar refractivity (Wildman–Crippen MR) is 73.7 cm³/mol. The van der Waals surface area contributed by atoms with E-state index in [1.54, 1.807) is 0 Å². The van der Waals surface area contributed by atoms with E-state index < -0.39 is 5.54 Å². The summed E-state index contributed by atoms with van der Waals surface area (Å²) in [4.78, 5) is 14.4. The van der Waals surface area contributed by atoms with E-state index in [1.165, 1.54) is 52.3 Å². The van der Waals surface area contributed by atoms with Crippen molar-refractivity contribution < 1.29 is 9.53 Å². The first-order chi connectivity index (χ1) is 9.07. The molecular formula is C15H26N2O2. The first kappa shape index (κ1) is 13.4. The van der Waals surface area contributed by atoms with Gasteiger partial charge in [0.05, 0.1) is 7.11 Å². The molecule has 2 saturated carbocycles. The van der Waals surface area contributed by atoms with E-state index in [9.17, 15) is 4.79 Å². The summed E-state index contributed by atoms with van der Waals surface area (Å²) in [5.41, 5.74) is 6.09. The summed E-state index contributed by atoms with van der Waals surface area (Å²) in [7, 11) is 1.44.